The van der Waals surface area contributed by atoms with E-state index in [1.54, 1.807) is 11.8 Å². The summed E-state index contributed by atoms with van der Waals surface area (Å²) in [5, 5.41) is 10.4. The van der Waals surface area contributed by atoms with Gasteiger partial charge in [0.1, 0.15) is 5.03 Å². The van der Waals surface area contributed by atoms with Crippen molar-refractivity contribution in [3.05, 3.63) is 22.9 Å². The van der Waals surface area contributed by atoms with Crippen molar-refractivity contribution >= 4 is 17.7 Å². The summed E-state index contributed by atoms with van der Waals surface area (Å²) in [7, 11) is 0. The van der Waals surface area contributed by atoms with Crippen molar-refractivity contribution in [2.24, 2.45) is 0 Å². The van der Waals surface area contributed by atoms with Crippen molar-refractivity contribution < 1.29 is 14.6 Å². The number of thioether (sulfide) groups is 1. The number of fused-ring (bicyclic) bond motifs is 1. The number of carbonyl (C=O) groups is 1. The van der Waals surface area contributed by atoms with Crippen LogP contribution in [0.25, 0.3) is 0 Å². The summed E-state index contributed by atoms with van der Waals surface area (Å²) in [5.74, 6) is -0.875. The molecule has 20 heavy (non-hydrogen) atoms. The van der Waals surface area contributed by atoms with Gasteiger partial charge < -0.3 is 9.84 Å². The molecule has 4 nitrogen and oxygen atoms in total. The van der Waals surface area contributed by atoms with Crippen LogP contribution in [-0.2, 0) is 17.6 Å². The number of carboxylic acid groups (broad SMARTS) is 1. The number of aromatic nitrogens is 1. The van der Waals surface area contributed by atoms with Crippen LogP contribution in [0.1, 0.15) is 47.8 Å². The van der Waals surface area contributed by atoms with Gasteiger partial charge in [0.05, 0.1) is 11.7 Å². The number of nitrogens with zero attached hydrogens (tertiary/aromatic N) is 1. The van der Waals surface area contributed by atoms with Gasteiger partial charge in [0.15, 0.2) is 0 Å². The summed E-state index contributed by atoms with van der Waals surface area (Å²) in [5.41, 5.74) is 2.57. The SMILES string of the molecule is CC1OCCC1Sc1nc2c(cc1C(=O)O)CCCC2. The van der Waals surface area contributed by atoms with Crippen LogP contribution in [0.5, 0.6) is 0 Å². The smallest absolute Gasteiger partial charge is 0.338 e. The Morgan fingerprint density at radius 1 is 1.45 bits per heavy atom. The molecule has 108 valence electrons. The zero-order valence-electron chi connectivity index (χ0n) is 11.6. The molecule has 2 aliphatic rings. The molecule has 0 bridgehead atoms. The minimum Gasteiger partial charge on any atom is -0.478 e. The van der Waals surface area contributed by atoms with Crippen LogP contribution in [-0.4, -0.2) is 34.0 Å². The van der Waals surface area contributed by atoms with Crippen molar-refractivity contribution in [3.8, 4) is 0 Å². The molecule has 2 heterocycles. The van der Waals surface area contributed by atoms with Gasteiger partial charge in [-0.15, -0.1) is 0 Å². The normalized spacial score (nSPS) is 25.4. The molecule has 0 amide bonds. The van der Waals surface area contributed by atoms with Crippen LogP contribution in [0.15, 0.2) is 11.1 Å². The maximum Gasteiger partial charge on any atom is 0.338 e. The maximum atomic E-state index is 11.5. The summed E-state index contributed by atoms with van der Waals surface area (Å²) in [6.07, 6.45) is 5.34. The monoisotopic (exact) mass is 293 g/mol. The average Bonchev–Trinajstić information content (AvgIpc) is 2.83. The van der Waals surface area contributed by atoms with Crippen molar-refractivity contribution in [3.63, 3.8) is 0 Å². The van der Waals surface area contributed by atoms with Gasteiger partial charge in [-0.1, -0.05) is 11.8 Å². The lowest BCUT2D eigenvalue weighted by atomic mass is 9.95. The fraction of sp³-hybridized carbons (Fsp3) is 0.600. The molecule has 1 N–H and O–H groups in total. The number of ether oxygens (including phenoxy) is 1. The molecule has 3 rings (SSSR count). The molecule has 1 aromatic heterocycles. The van der Waals surface area contributed by atoms with E-state index >= 15 is 0 Å². The number of aryl methyl sites for hydroxylation is 2. The van der Waals surface area contributed by atoms with Gasteiger partial charge in [-0.25, -0.2) is 9.78 Å². The minimum absolute atomic E-state index is 0.166. The summed E-state index contributed by atoms with van der Waals surface area (Å²) < 4.78 is 5.55. The predicted octanol–water partition coefficient (Wildman–Crippen LogP) is 2.93. The van der Waals surface area contributed by atoms with Gasteiger partial charge in [-0.05, 0) is 50.7 Å². The van der Waals surface area contributed by atoms with Gasteiger partial charge in [-0.3, -0.25) is 0 Å². The number of hydrogen-bond donors (Lipinski definition) is 1. The zero-order chi connectivity index (χ0) is 14.1. The molecule has 1 saturated heterocycles. The van der Waals surface area contributed by atoms with Gasteiger partial charge in [-0.2, -0.15) is 0 Å². The molecule has 5 heteroatoms. The van der Waals surface area contributed by atoms with E-state index in [4.69, 9.17) is 4.74 Å². The van der Waals surface area contributed by atoms with E-state index in [2.05, 4.69) is 4.98 Å². The largest absolute Gasteiger partial charge is 0.478 e. The Labute approximate surface area is 122 Å². The standard InChI is InChI=1S/C15H19NO3S/c1-9-13(6-7-19-9)20-14-11(15(17)18)8-10-4-2-3-5-12(10)16-14/h8-9,13H,2-7H2,1H3,(H,17,18). The second-order valence-corrected chi connectivity index (χ2v) is 6.71. The first-order valence-corrected chi connectivity index (χ1v) is 8.07. The second-order valence-electron chi connectivity index (χ2n) is 5.48. The first-order valence-electron chi connectivity index (χ1n) is 7.19. The van der Waals surface area contributed by atoms with Crippen LogP contribution in [0, 0.1) is 0 Å². The van der Waals surface area contributed by atoms with E-state index in [1.807, 2.05) is 13.0 Å². The van der Waals surface area contributed by atoms with E-state index < -0.39 is 5.97 Å². The van der Waals surface area contributed by atoms with Crippen molar-refractivity contribution in [1.29, 1.82) is 0 Å². The molecule has 0 saturated carbocycles. The number of carboxylic acids is 1. The minimum atomic E-state index is -0.875. The van der Waals surface area contributed by atoms with E-state index in [1.165, 1.54) is 0 Å². The lowest BCUT2D eigenvalue weighted by Crippen LogP contribution is -2.16. The molecule has 1 aliphatic heterocycles. The average molecular weight is 293 g/mol. The topological polar surface area (TPSA) is 59.4 Å². The van der Waals surface area contributed by atoms with E-state index in [0.717, 1.165) is 50.0 Å². The summed E-state index contributed by atoms with van der Waals surface area (Å²) in [6, 6.07) is 1.84. The highest BCUT2D eigenvalue weighted by atomic mass is 32.2. The number of aromatic carboxylic acids is 1. The van der Waals surface area contributed by atoms with Crippen LogP contribution >= 0.6 is 11.8 Å². The molecule has 2 unspecified atom stereocenters. The highest BCUT2D eigenvalue weighted by Gasteiger charge is 2.28. The number of pyridine rings is 1. The maximum absolute atomic E-state index is 11.5. The first-order chi connectivity index (χ1) is 9.65. The molecule has 2 atom stereocenters. The van der Waals surface area contributed by atoms with Crippen molar-refractivity contribution in [1.82, 2.24) is 4.98 Å². The van der Waals surface area contributed by atoms with Crippen molar-refractivity contribution in [2.75, 3.05) is 6.61 Å². The highest BCUT2D eigenvalue weighted by Crippen LogP contribution is 2.35. The molecule has 0 radical (unpaired) electrons. The van der Waals surface area contributed by atoms with Gasteiger partial charge in [0, 0.05) is 17.6 Å². The number of rotatable bonds is 3. The number of hydrogen-bond acceptors (Lipinski definition) is 4. The van der Waals surface area contributed by atoms with Crippen LogP contribution < -0.4 is 0 Å². The van der Waals surface area contributed by atoms with Crippen LogP contribution in [0.2, 0.25) is 0 Å². The first kappa shape index (κ1) is 13.9. The lowest BCUT2D eigenvalue weighted by Gasteiger charge is -2.19. The lowest BCUT2D eigenvalue weighted by molar-refractivity contribution is 0.0692. The molecule has 1 aromatic rings. The Hall–Kier alpha value is -1.07. The third-order valence-electron chi connectivity index (χ3n) is 4.07. The highest BCUT2D eigenvalue weighted by molar-refractivity contribution is 8.00. The van der Waals surface area contributed by atoms with Crippen LogP contribution in [0.4, 0.5) is 0 Å². The zero-order valence-corrected chi connectivity index (χ0v) is 12.4. The summed E-state index contributed by atoms with van der Waals surface area (Å²) >= 11 is 1.57. The fourth-order valence-electron chi connectivity index (χ4n) is 2.87. The van der Waals surface area contributed by atoms with E-state index in [0.29, 0.717) is 15.8 Å². The third kappa shape index (κ3) is 2.69. The Bertz CT molecular complexity index is 532. The quantitative estimate of drug-likeness (QED) is 0.928. The fourth-order valence-corrected chi connectivity index (χ4v) is 4.08. The van der Waals surface area contributed by atoms with E-state index in [9.17, 15) is 9.90 Å². The summed E-state index contributed by atoms with van der Waals surface area (Å²) in [6.45, 7) is 2.80. The third-order valence-corrected chi connectivity index (χ3v) is 5.52. The molecule has 0 spiro atoms. The Balaban J connectivity index is 1.93. The second kappa shape index (κ2) is 5.74. The Morgan fingerprint density at radius 3 is 2.95 bits per heavy atom. The van der Waals surface area contributed by atoms with Gasteiger partial charge >= 0.3 is 5.97 Å². The van der Waals surface area contributed by atoms with Crippen LogP contribution in [0.3, 0.4) is 0 Å². The van der Waals surface area contributed by atoms with Gasteiger partial charge in [0.2, 0.25) is 0 Å². The molecular formula is C15H19NO3S. The molecule has 1 fully saturated rings. The van der Waals surface area contributed by atoms with Crippen molar-refractivity contribution in [2.45, 2.75) is 55.4 Å². The predicted molar refractivity (Wildman–Crippen MR) is 77.5 cm³/mol. The Morgan fingerprint density at radius 2 is 2.25 bits per heavy atom. The van der Waals surface area contributed by atoms with Gasteiger partial charge in [0.25, 0.3) is 0 Å². The molecular weight excluding hydrogens is 274 g/mol. The molecule has 1 aliphatic carbocycles. The molecule has 0 aromatic carbocycles. The van der Waals surface area contributed by atoms with E-state index in [-0.39, 0.29) is 6.10 Å². The Kier molecular flexibility index (Phi) is 3.98. The summed E-state index contributed by atoms with van der Waals surface area (Å²) in [4.78, 5) is 16.1.